The fraction of sp³-hybridized carbons (Fsp3) is 0.500. The summed E-state index contributed by atoms with van der Waals surface area (Å²) in [4.78, 5) is 0.630. The zero-order chi connectivity index (χ0) is 10.4. The molecule has 2 heteroatoms. The van der Waals surface area contributed by atoms with Crippen LogP contribution in [0, 0.1) is 0 Å². The van der Waals surface area contributed by atoms with Gasteiger partial charge in [-0.3, -0.25) is 0 Å². The summed E-state index contributed by atoms with van der Waals surface area (Å²) in [6.45, 7) is 2.18. The highest BCUT2D eigenvalue weighted by molar-refractivity contribution is 9.09. The molecule has 1 rings (SSSR count). The van der Waals surface area contributed by atoms with Crippen molar-refractivity contribution in [2.24, 2.45) is 0 Å². The Kier molecular flexibility index (Phi) is 5.02. The minimum absolute atomic E-state index is 0.622. The number of rotatable bonds is 5. The largest absolute Gasteiger partial charge is 0.301 e. The lowest BCUT2D eigenvalue weighted by atomic mass is 10.1. The molecule has 1 N–H and O–H groups in total. The van der Waals surface area contributed by atoms with Crippen molar-refractivity contribution >= 4 is 21.6 Å². The van der Waals surface area contributed by atoms with Gasteiger partial charge in [-0.2, -0.15) is 0 Å². The van der Waals surface area contributed by atoms with Crippen LogP contribution in [0.4, 0.5) is 5.69 Å². The topological polar surface area (TPSA) is 23.8 Å². The van der Waals surface area contributed by atoms with E-state index >= 15 is 0 Å². The van der Waals surface area contributed by atoms with Crippen LogP contribution in [-0.4, -0.2) is 4.83 Å². The highest BCUT2D eigenvalue weighted by Crippen LogP contribution is 2.13. The molecule has 0 saturated heterocycles. The van der Waals surface area contributed by atoms with Gasteiger partial charge in [0.05, 0.1) is 5.69 Å². The number of nitrogens with one attached hydrogen (secondary N) is 1. The van der Waals surface area contributed by atoms with Gasteiger partial charge in [-0.15, -0.1) is 0 Å². The van der Waals surface area contributed by atoms with E-state index in [0.29, 0.717) is 10.5 Å². The average molecular weight is 255 g/mol. The second kappa shape index (κ2) is 6.07. The molecule has 1 atom stereocenters. The molecule has 0 fully saturated rings. The zero-order valence-electron chi connectivity index (χ0n) is 8.59. The van der Waals surface area contributed by atoms with E-state index in [1.807, 2.05) is 18.2 Å². The predicted molar refractivity (Wildman–Crippen MR) is 65.1 cm³/mol. The first-order chi connectivity index (χ1) is 6.68. The average Bonchev–Trinajstić information content (AvgIpc) is 2.12. The fourth-order valence-electron chi connectivity index (χ4n) is 1.48. The first kappa shape index (κ1) is 11.6. The molecule has 14 heavy (non-hydrogen) atoms. The first-order valence-electron chi connectivity index (χ1n) is 5.13. The molecule has 0 aliphatic heterocycles. The fourth-order valence-corrected chi connectivity index (χ4v) is 1.81. The lowest BCUT2D eigenvalue weighted by molar-refractivity contribution is 0.680. The first-order valence-corrected chi connectivity index (χ1v) is 6.04. The summed E-state index contributed by atoms with van der Waals surface area (Å²) >= 11 is 3.54. The van der Waals surface area contributed by atoms with E-state index in [1.54, 1.807) is 0 Å². The quantitative estimate of drug-likeness (QED) is 0.558. The van der Waals surface area contributed by atoms with Crippen molar-refractivity contribution in [3.05, 3.63) is 29.8 Å². The molecule has 77 valence electrons. The molecule has 0 spiro atoms. The molecule has 0 aromatic heterocycles. The molecule has 1 unspecified atom stereocenters. The minimum atomic E-state index is 0.622. The van der Waals surface area contributed by atoms with Crippen LogP contribution >= 0.6 is 15.9 Å². The van der Waals surface area contributed by atoms with Crippen molar-refractivity contribution in [1.82, 2.24) is 5.73 Å². The van der Waals surface area contributed by atoms with Crippen molar-refractivity contribution in [1.29, 1.82) is 0 Å². The number of benzene rings is 1. The summed E-state index contributed by atoms with van der Waals surface area (Å²) in [5, 5.41) is 0. The monoisotopic (exact) mass is 254 g/mol. The van der Waals surface area contributed by atoms with Gasteiger partial charge in [-0.05, 0) is 37.0 Å². The Hall–Kier alpha value is -0.500. The second-order valence-corrected chi connectivity index (χ2v) is 5.29. The highest BCUT2D eigenvalue weighted by Gasteiger charge is 1.97. The van der Waals surface area contributed by atoms with Gasteiger partial charge in [0.25, 0.3) is 0 Å². The number of halogens is 1. The molecule has 1 radical (unpaired) electrons. The molecule has 1 aromatic rings. The molecule has 0 amide bonds. The lowest BCUT2D eigenvalue weighted by Crippen LogP contribution is -1.91. The van der Waals surface area contributed by atoms with Gasteiger partial charge in [0.15, 0.2) is 0 Å². The Morgan fingerprint density at radius 3 is 2.79 bits per heavy atom. The van der Waals surface area contributed by atoms with E-state index in [4.69, 9.17) is 5.73 Å². The number of hydrogen-bond acceptors (Lipinski definition) is 0. The molecule has 0 aliphatic rings. The smallest absolute Gasteiger partial charge is 0.0542 e. The van der Waals surface area contributed by atoms with Crippen molar-refractivity contribution in [3.63, 3.8) is 0 Å². The Labute approximate surface area is 94.8 Å². The van der Waals surface area contributed by atoms with E-state index in [9.17, 15) is 0 Å². The Balaban J connectivity index is 2.25. The van der Waals surface area contributed by atoms with Gasteiger partial charge in [-0.25, -0.2) is 0 Å². The maximum Gasteiger partial charge on any atom is 0.0542 e. The number of unbranched alkanes of at least 4 members (excludes halogenated alkanes) is 1. The van der Waals surface area contributed by atoms with Crippen LogP contribution in [0.2, 0.25) is 0 Å². The second-order valence-electron chi connectivity index (χ2n) is 3.73. The van der Waals surface area contributed by atoms with Crippen LogP contribution in [0.1, 0.15) is 31.7 Å². The van der Waals surface area contributed by atoms with Crippen molar-refractivity contribution in [2.75, 3.05) is 0 Å². The van der Waals surface area contributed by atoms with Gasteiger partial charge in [0, 0.05) is 4.83 Å². The summed E-state index contributed by atoms with van der Waals surface area (Å²) in [7, 11) is 0. The summed E-state index contributed by atoms with van der Waals surface area (Å²) in [6.07, 6.45) is 4.82. The van der Waals surface area contributed by atoms with Crippen LogP contribution in [-0.2, 0) is 6.42 Å². The van der Waals surface area contributed by atoms with E-state index in [0.717, 1.165) is 6.42 Å². The third-order valence-electron chi connectivity index (χ3n) is 2.24. The standard InChI is InChI=1S/C12H17BrN/c1-10(13)5-2-3-6-11-7-4-8-12(14)9-11/h4,7-10,14H,2-3,5-6H2,1H3. The zero-order valence-corrected chi connectivity index (χ0v) is 10.2. The van der Waals surface area contributed by atoms with E-state index in [2.05, 4.69) is 28.9 Å². The molecule has 1 nitrogen and oxygen atoms in total. The van der Waals surface area contributed by atoms with Gasteiger partial charge in [-0.1, -0.05) is 41.4 Å². The van der Waals surface area contributed by atoms with Crippen molar-refractivity contribution in [3.8, 4) is 0 Å². The molecule has 0 aliphatic carbocycles. The normalized spacial score (nSPS) is 12.7. The minimum Gasteiger partial charge on any atom is -0.301 e. The van der Waals surface area contributed by atoms with Gasteiger partial charge < -0.3 is 5.73 Å². The predicted octanol–water partition coefficient (Wildman–Crippen LogP) is 4.10. The van der Waals surface area contributed by atoms with Crippen LogP contribution in [0.25, 0.3) is 0 Å². The maximum atomic E-state index is 7.48. The summed E-state index contributed by atoms with van der Waals surface area (Å²) in [5.41, 5.74) is 9.39. The van der Waals surface area contributed by atoms with Crippen LogP contribution in [0.15, 0.2) is 24.3 Å². The van der Waals surface area contributed by atoms with E-state index in [-0.39, 0.29) is 0 Å². The highest BCUT2D eigenvalue weighted by atomic mass is 79.9. The Bertz CT molecular complexity index is 271. The molecular weight excluding hydrogens is 238 g/mol. The summed E-state index contributed by atoms with van der Waals surface area (Å²) < 4.78 is 0. The Morgan fingerprint density at radius 1 is 1.36 bits per heavy atom. The molecular formula is C12H17BrN. The maximum absolute atomic E-state index is 7.48. The molecule has 0 heterocycles. The molecule has 1 aromatic carbocycles. The number of aryl methyl sites for hydroxylation is 1. The van der Waals surface area contributed by atoms with E-state index < -0.39 is 0 Å². The number of alkyl halides is 1. The van der Waals surface area contributed by atoms with E-state index in [1.165, 1.54) is 24.8 Å². The lowest BCUT2D eigenvalue weighted by Gasteiger charge is -2.03. The number of hydrogen-bond donors (Lipinski definition) is 0. The van der Waals surface area contributed by atoms with Gasteiger partial charge in [0.1, 0.15) is 0 Å². The molecule has 0 saturated carbocycles. The van der Waals surface area contributed by atoms with Crippen molar-refractivity contribution < 1.29 is 0 Å². The van der Waals surface area contributed by atoms with Crippen LogP contribution < -0.4 is 5.73 Å². The van der Waals surface area contributed by atoms with Crippen molar-refractivity contribution in [2.45, 2.75) is 37.4 Å². The van der Waals surface area contributed by atoms with Crippen LogP contribution in [0.5, 0.6) is 0 Å². The summed E-state index contributed by atoms with van der Waals surface area (Å²) in [6, 6.07) is 7.85. The third-order valence-corrected chi connectivity index (χ3v) is 2.70. The van der Waals surface area contributed by atoms with Crippen LogP contribution in [0.3, 0.4) is 0 Å². The summed E-state index contributed by atoms with van der Waals surface area (Å²) in [5.74, 6) is 0. The van der Waals surface area contributed by atoms with Gasteiger partial charge in [0.2, 0.25) is 0 Å². The third kappa shape index (κ3) is 4.66. The SMILES string of the molecule is CC(Br)CCCCc1cccc([NH])c1. The molecule has 0 bridgehead atoms. The van der Waals surface area contributed by atoms with Gasteiger partial charge >= 0.3 is 0 Å². The Morgan fingerprint density at radius 2 is 2.14 bits per heavy atom.